The standard InChI is InChI=1S/C17H24N2O2/c20-16-8-12-7-13(18-10-11-4-5-11)14-9-17(12,21-16)15-3-1-2-6-19(14)15/h8,11,13-15,18H,1-7,9-10H2. The van der Waals surface area contributed by atoms with Crippen molar-refractivity contribution in [3.8, 4) is 0 Å². The van der Waals surface area contributed by atoms with Gasteiger partial charge in [0.05, 0.1) is 6.04 Å². The van der Waals surface area contributed by atoms with E-state index in [0.29, 0.717) is 18.1 Å². The largest absolute Gasteiger partial charge is 0.450 e. The van der Waals surface area contributed by atoms with Crippen LogP contribution >= 0.6 is 0 Å². The van der Waals surface area contributed by atoms with E-state index in [4.69, 9.17) is 4.74 Å². The molecule has 4 heteroatoms. The molecule has 5 rings (SSSR count). The van der Waals surface area contributed by atoms with Gasteiger partial charge in [-0.05, 0) is 56.7 Å². The fourth-order valence-electron chi connectivity index (χ4n) is 5.24. The molecule has 0 radical (unpaired) electrons. The minimum Gasteiger partial charge on any atom is -0.450 e. The highest BCUT2D eigenvalue weighted by atomic mass is 16.6. The van der Waals surface area contributed by atoms with Crippen molar-refractivity contribution < 1.29 is 9.53 Å². The van der Waals surface area contributed by atoms with Gasteiger partial charge in [0, 0.05) is 24.6 Å². The van der Waals surface area contributed by atoms with E-state index in [2.05, 4.69) is 10.2 Å². The Balaban J connectivity index is 1.46. The van der Waals surface area contributed by atoms with Gasteiger partial charge in [0.2, 0.25) is 0 Å². The molecule has 5 aliphatic rings. The Morgan fingerprint density at radius 1 is 1.33 bits per heavy atom. The van der Waals surface area contributed by atoms with Crippen molar-refractivity contribution in [2.75, 3.05) is 13.1 Å². The van der Waals surface area contributed by atoms with Gasteiger partial charge in [0.25, 0.3) is 0 Å². The topological polar surface area (TPSA) is 41.6 Å². The van der Waals surface area contributed by atoms with Crippen LogP contribution in [0.3, 0.4) is 0 Å². The van der Waals surface area contributed by atoms with Crippen LogP contribution in [-0.2, 0) is 9.53 Å². The number of hydrogen-bond acceptors (Lipinski definition) is 4. The van der Waals surface area contributed by atoms with E-state index in [-0.39, 0.29) is 11.6 Å². The molecule has 0 aromatic carbocycles. The molecule has 0 amide bonds. The summed E-state index contributed by atoms with van der Waals surface area (Å²) in [6.07, 6.45) is 10.4. The van der Waals surface area contributed by atoms with E-state index in [1.165, 1.54) is 44.2 Å². The number of fused-ring (bicyclic) bond motifs is 3. The quantitative estimate of drug-likeness (QED) is 0.801. The van der Waals surface area contributed by atoms with Crippen molar-refractivity contribution in [2.45, 2.75) is 68.7 Å². The van der Waals surface area contributed by atoms with Crippen LogP contribution in [0.1, 0.15) is 44.9 Å². The lowest BCUT2D eigenvalue weighted by atomic mass is 9.75. The Bertz CT molecular complexity index is 513. The fourth-order valence-corrected chi connectivity index (χ4v) is 5.24. The molecule has 2 saturated heterocycles. The molecule has 4 atom stereocenters. The average molecular weight is 288 g/mol. The summed E-state index contributed by atoms with van der Waals surface area (Å²) in [6.45, 7) is 2.35. The van der Waals surface area contributed by atoms with Gasteiger partial charge in [0.15, 0.2) is 5.60 Å². The van der Waals surface area contributed by atoms with Crippen LogP contribution < -0.4 is 5.32 Å². The number of rotatable bonds is 3. The lowest BCUT2D eigenvalue weighted by Crippen LogP contribution is -2.50. The zero-order chi connectivity index (χ0) is 14.0. The van der Waals surface area contributed by atoms with E-state index < -0.39 is 0 Å². The first-order valence-corrected chi connectivity index (χ1v) is 8.69. The highest BCUT2D eigenvalue weighted by molar-refractivity contribution is 5.87. The van der Waals surface area contributed by atoms with Crippen molar-refractivity contribution in [2.24, 2.45) is 5.92 Å². The number of nitrogens with one attached hydrogen (secondary N) is 1. The Morgan fingerprint density at radius 3 is 3.10 bits per heavy atom. The molecule has 1 spiro atoms. The first-order valence-electron chi connectivity index (χ1n) is 8.69. The second-order valence-electron chi connectivity index (χ2n) is 7.66. The molecule has 0 aromatic heterocycles. The number of piperidine rings is 1. The molecule has 2 saturated carbocycles. The van der Waals surface area contributed by atoms with E-state index in [0.717, 1.165) is 25.3 Å². The number of carbonyl (C=O) groups excluding carboxylic acids is 1. The third kappa shape index (κ3) is 1.78. The molecular weight excluding hydrogens is 264 g/mol. The van der Waals surface area contributed by atoms with Gasteiger partial charge in [0.1, 0.15) is 0 Å². The van der Waals surface area contributed by atoms with Crippen LogP contribution in [0.4, 0.5) is 0 Å². The smallest absolute Gasteiger partial charge is 0.331 e. The molecule has 3 heterocycles. The van der Waals surface area contributed by atoms with Crippen molar-refractivity contribution in [3.05, 3.63) is 11.6 Å². The molecule has 4 unspecified atom stereocenters. The molecule has 2 aliphatic carbocycles. The Labute approximate surface area is 125 Å². The van der Waals surface area contributed by atoms with Gasteiger partial charge < -0.3 is 10.1 Å². The summed E-state index contributed by atoms with van der Waals surface area (Å²) in [5, 5.41) is 3.82. The van der Waals surface area contributed by atoms with Crippen LogP contribution in [0.15, 0.2) is 11.6 Å². The van der Waals surface area contributed by atoms with Gasteiger partial charge in [-0.25, -0.2) is 4.79 Å². The zero-order valence-electron chi connectivity index (χ0n) is 12.5. The lowest BCUT2D eigenvalue weighted by molar-refractivity contribution is -0.148. The molecule has 1 N–H and O–H groups in total. The molecule has 2 bridgehead atoms. The average Bonchev–Trinajstić information content (AvgIpc) is 3.20. The number of nitrogens with zero attached hydrogens (tertiary/aromatic N) is 1. The van der Waals surface area contributed by atoms with E-state index >= 15 is 0 Å². The van der Waals surface area contributed by atoms with Crippen LogP contribution in [-0.4, -0.2) is 47.7 Å². The summed E-state index contributed by atoms with van der Waals surface area (Å²) in [4.78, 5) is 14.6. The molecule has 4 fully saturated rings. The Hall–Kier alpha value is -0.870. The summed E-state index contributed by atoms with van der Waals surface area (Å²) in [5.74, 6) is 0.810. The normalized spacial score (nSPS) is 45.0. The number of esters is 1. The molecule has 21 heavy (non-hydrogen) atoms. The number of carbonyl (C=O) groups is 1. The molecule has 4 nitrogen and oxygen atoms in total. The second kappa shape index (κ2) is 4.32. The molecular formula is C17H24N2O2. The number of hydrogen-bond donors (Lipinski definition) is 1. The highest BCUT2D eigenvalue weighted by Crippen LogP contribution is 2.53. The first-order chi connectivity index (χ1) is 10.3. The fraction of sp³-hybridized carbons (Fsp3) is 0.824. The Morgan fingerprint density at radius 2 is 2.24 bits per heavy atom. The first kappa shape index (κ1) is 12.7. The monoisotopic (exact) mass is 288 g/mol. The highest BCUT2D eigenvalue weighted by Gasteiger charge is 2.63. The SMILES string of the molecule is O=C1C=C2CC(NCC3CC3)C3CC2(O1)C1CCCCN31. The minimum absolute atomic E-state index is 0.0981. The molecule has 114 valence electrons. The van der Waals surface area contributed by atoms with E-state index in [1.807, 2.05) is 0 Å². The van der Waals surface area contributed by atoms with Crippen LogP contribution in [0.5, 0.6) is 0 Å². The van der Waals surface area contributed by atoms with Crippen molar-refractivity contribution in [1.29, 1.82) is 0 Å². The van der Waals surface area contributed by atoms with Gasteiger partial charge in [-0.3, -0.25) is 4.90 Å². The summed E-state index contributed by atoms with van der Waals surface area (Å²) in [5.41, 5.74) is 1.03. The second-order valence-corrected chi connectivity index (χ2v) is 7.66. The summed E-state index contributed by atoms with van der Waals surface area (Å²) in [6, 6.07) is 1.53. The van der Waals surface area contributed by atoms with Gasteiger partial charge >= 0.3 is 5.97 Å². The maximum absolute atomic E-state index is 11.9. The lowest BCUT2D eigenvalue weighted by Gasteiger charge is -2.38. The summed E-state index contributed by atoms with van der Waals surface area (Å²) >= 11 is 0. The van der Waals surface area contributed by atoms with Gasteiger partial charge in [-0.15, -0.1) is 0 Å². The Kier molecular flexibility index (Phi) is 2.61. The predicted octanol–water partition coefficient (Wildman–Crippen LogP) is 1.61. The van der Waals surface area contributed by atoms with E-state index in [1.54, 1.807) is 6.08 Å². The zero-order valence-corrected chi connectivity index (χ0v) is 12.5. The van der Waals surface area contributed by atoms with Crippen LogP contribution in [0, 0.1) is 5.92 Å². The van der Waals surface area contributed by atoms with Crippen molar-refractivity contribution >= 4 is 5.97 Å². The van der Waals surface area contributed by atoms with Gasteiger partial charge in [-0.1, -0.05) is 6.42 Å². The minimum atomic E-state index is -0.250. The van der Waals surface area contributed by atoms with Crippen molar-refractivity contribution in [1.82, 2.24) is 10.2 Å². The summed E-state index contributed by atoms with van der Waals surface area (Å²) in [7, 11) is 0. The maximum Gasteiger partial charge on any atom is 0.331 e. The van der Waals surface area contributed by atoms with Crippen LogP contribution in [0.25, 0.3) is 0 Å². The predicted molar refractivity (Wildman–Crippen MR) is 78.8 cm³/mol. The number of ether oxygens (including phenoxy) is 1. The summed E-state index contributed by atoms with van der Waals surface area (Å²) < 4.78 is 5.90. The van der Waals surface area contributed by atoms with E-state index in [9.17, 15) is 4.79 Å². The molecule has 3 aliphatic heterocycles. The van der Waals surface area contributed by atoms with Crippen molar-refractivity contribution in [3.63, 3.8) is 0 Å². The van der Waals surface area contributed by atoms with Crippen LogP contribution in [0.2, 0.25) is 0 Å². The maximum atomic E-state index is 11.9. The van der Waals surface area contributed by atoms with Gasteiger partial charge in [-0.2, -0.15) is 0 Å². The molecule has 0 aromatic rings. The third-order valence-electron chi connectivity index (χ3n) is 6.41. The third-order valence-corrected chi connectivity index (χ3v) is 6.41.